The van der Waals surface area contributed by atoms with E-state index in [1.54, 1.807) is 25.4 Å². The Labute approximate surface area is 186 Å². The molecule has 0 unspecified atom stereocenters. The lowest BCUT2D eigenvalue weighted by molar-refractivity contribution is 0.587. The standard InChI is InChI=1S/C22H26N6O3S/c1-14-16(4-3-5-17(14)23)19-13-27(2)22(29)21(26-19)25-15-6-7-20(18(24)12-15)28-8-10-32(30,31)11-9-28/h3-7,12-13H,8-11,23-24H2,1-2H3,(H,25,26). The Kier molecular flexibility index (Phi) is 5.55. The van der Waals surface area contributed by atoms with Crippen molar-refractivity contribution in [3.05, 3.63) is 58.5 Å². The van der Waals surface area contributed by atoms with Crippen molar-refractivity contribution in [1.29, 1.82) is 0 Å². The first kappa shape index (κ1) is 21.7. The Morgan fingerprint density at radius 3 is 2.47 bits per heavy atom. The van der Waals surface area contributed by atoms with Gasteiger partial charge in [0.2, 0.25) is 0 Å². The van der Waals surface area contributed by atoms with Crippen molar-refractivity contribution in [2.75, 3.05) is 46.3 Å². The lowest BCUT2D eigenvalue weighted by Crippen LogP contribution is -2.40. The third kappa shape index (κ3) is 4.26. The summed E-state index contributed by atoms with van der Waals surface area (Å²) in [6.07, 6.45) is 1.68. The van der Waals surface area contributed by atoms with Gasteiger partial charge in [0, 0.05) is 43.3 Å². The van der Waals surface area contributed by atoms with E-state index in [-0.39, 0.29) is 22.9 Å². The van der Waals surface area contributed by atoms with E-state index >= 15 is 0 Å². The zero-order valence-corrected chi connectivity index (χ0v) is 18.8. The maximum atomic E-state index is 12.7. The van der Waals surface area contributed by atoms with E-state index in [9.17, 15) is 13.2 Å². The van der Waals surface area contributed by atoms with Crippen LogP contribution in [0.5, 0.6) is 0 Å². The molecule has 2 heterocycles. The summed E-state index contributed by atoms with van der Waals surface area (Å²) >= 11 is 0. The number of aryl methyl sites for hydroxylation is 1. The molecule has 0 atom stereocenters. The highest BCUT2D eigenvalue weighted by atomic mass is 32.2. The zero-order chi connectivity index (χ0) is 23.0. The van der Waals surface area contributed by atoms with Crippen molar-refractivity contribution < 1.29 is 8.42 Å². The summed E-state index contributed by atoms with van der Waals surface area (Å²) in [6.45, 7) is 2.72. The maximum absolute atomic E-state index is 12.7. The van der Waals surface area contributed by atoms with Crippen LogP contribution in [-0.4, -0.2) is 42.6 Å². The second-order valence-electron chi connectivity index (χ2n) is 7.95. The van der Waals surface area contributed by atoms with Crippen molar-refractivity contribution in [3.63, 3.8) is 0 Å². The molecule has 0 aliphatic carbocycles. The van der Waals surface area contributed by atoms with E-state index in [4.69, 9.17) is 11.5 Å². The minimum absolute atomic E-state index is 0.114. The first-order valence-electron chi connectivity index (χ1n) is 10.2. The highest BCUT2D eigenvalue weighted by Crippen LogP contribution is 2.30. The lowest BCUT2D eigenvalue weighted by atomic mass is 10.0. The van der Waals surface area contributed by atoms with Gasteiger partial charge in [0.1, 0.15) is 0 Å². The van der Waals surface area contributed by atoms with Crippen LogP contribution in [0.4, 0.5) is 28.6 Å². The molecule has 5 N–H and O–H groups in total. The molecule has 3 aromatic rings. The van der Waals surface area contributed by atoms with Crippen LogP contribution in [0.2, 0.25) is 0 Å². The van der Waals surface area contributed by atoms with Gasteiger partial charge in [-0.1, -0.05) is 12.1 Å². The highest BCUT2D eigenvalue weighted by molar-refractivity contribution is 7.91. The molecular formula is C22H26N6O3S. The third-order valence-electron chi connectivity index (χ3n) is 5.70. The summed E-state index contributed by atoms with van der Waals surface area (Å²) in [5.41, 5.74) is 16.9. The van der Waals surface area contributed by atoms with E-state index in [2.05, 4.69) is 10.3 Å². The summed E-state index contributed by atoms with van der Waals surface area (Å²) in [5, 5.41) is 3.07. The molecule has 0 saturated carbocycles. The van der Waals surface area contributed by atoms with Crippen molar-refractivity contribution in [2.45, 2.75) is 6.92 Å². The average Bonchev–Trinajstić information content (AvgIpc) is 2.74. The highest BCUT2D eigenvalue weighted by Gasteiger charge is 2.23. The molecule has 2 aromatic carbocycles. The zero-order valence-electron chi connectivity index (χ0n) is 18.0. The number of anilines is 5. The molecule has 1 saturated heterocycles. The smallest absolute Gasteiger partial charge is 0.293 e. The second-order valence-corrected chi connectivity index (χ2v) is 10.3. The minimum Gasteiger partial charge on any atom is -0.398 e. The largest absolute Gasteiger partial charge is 0.398 e. The summed E-state index contributed by atoms with van der Waals surface area (Å²) in [4.78, 5) is 19.2. The molecule has 0 amide bonds. The number of nitrogens with two attached hydrogens (primary N) is 2. The topological polar surface area (TPSA) is 136 Å². The number of nitrogen functional groups attached to an aromatic ring is 2. The van der Waals surface area contributed by atoms with Crippen LogP contribution in [0.3, 0.4) is 0 Å². The third-order valence-corrected chi connectivity index (χ3v) is 7.31. The minimum atomic E-state index is -2.98. The Hall–Kier alpha value is -3.53. The predicted octanol–water partition coefficient (Wildman–Crippen LogP) is 1.90. The molecule has 168 valence electrons. The van der Waals surface area contributed by atoms with Gasteiger partial charge in [-0.3, -0.25) is 4.79 Å². The molecule has 1 aromatic heterocycles. The average molecular weight is 455 g/mol. The SMILES string of the molecule is Cc1c(N)cccc1-c1cn(C)c(=O)c(Nc2ccc(N3CCS(=O)(=O)CC3)c(N)c2)n1. The van der Waals surface area contributed by atoms with Gasteiger partial charge in [-0.2, -0.15) is 0 Å². The number of benzene rings is 2. The van der Waals surface area contributed by atoms with Gasteiger partial charge >= 0.3 is 0 Å². The Morgan fingerprint density at radius 2 is 1.78 bits per heavy atom. The van der Waals surface area contributed by atoms with Crippen LogP contribution in [-0.2, 0) is 16.9 Å². The normalized spacial score (nSPS) is 15.5. The van der Waals surface area contributed by atoms with Gasteiger partial charge in [-0.05, 0) is 36.8 Å². The van der Waals surface area contributed by atoms with Crippen LogP contribution in [0.25, 0.3) is 11.3 Å². The molecule has 0 radical (unpaired) electrons. The molecule has 0 bridgehead atoms. The Bertz CT molecular complexity index is 1340. The molecule has 4 rings (SSSR count). The van der Waals surface area contributed by atoms with Crippen LogP contribution >= 0.6 is 0 Å². The van der Waals surface area contributed by atoms with Gasteiger partial charge in [-0.25, -0.2) is 13.4 Å². The van der Waals surface area contributed by atoms with Crippen LogP contribution in [0.1, 0.15) is 5.56 Å². The van der Waals surface area contributed by atoms with Crippen molar-refractivity contribution >= 4 is 38.4 Å². The van der Waals surface area contributed by atoms with Crippen LogP contribution < -0.4 is 27.2 Å². The van der Waals surface area contributed by atoms with E-state index < -0.39 is 9.84 Å². The maximum Gasteiger partial charge on any atom is 0.293 e. The molecule has 32 heavy (non-hydrogen) atoms. The predicted molar refractivity (Wildman–Crippen MR) is 129 cm³/mol. The molecule has 0 spiro atoms. The molecular weight excluding hydrogens is 428 g/mol. The second kappa shape index (κ2) is 8.19. The van der Waals surface area contributed by atoms with Crippen LogP contribution in [0, 0.1) is 6.92 Å². The van der Waals surface area contributed by atoms with E-state index in [1.807, 2.05) is 36.1 Å². The first-order valence-corrected chi connectivity index (χ1v) is 12.0. The number of hydrogen-bond acceptors (Lipinski definition) is 8. The summed E-state index contributed by atoms with van der Waals surface area (Å²) in [5.74, 6) is 0.397. The van der Waals surface area contributed by atoms with Gasteiger partial charge in [-0.15, -0.1) is 0 Å². The Morgan fingerprint density at radius 1 is 1.06 bits per heavy atom. The lowest BCUT2D eigenvalue weighted by Gasteiger charge is -2.30. The van der Waals surface area contributed by atoms with Gasteiger partial charge in [0.25, 0.3) is 5.56 Å². The molecule has 1 aliphatic rings. The first-order chi connectivity index (χ1) is 15.1. The number of nitrogens with zero attached hydrogens (tertiary/aromatic N) is 3. The van der Waals surface area contributed by atoms with Crippen LogP contribution in [0.15, 0.2) is 47.4 Å². The fourth-order valence-corrected chi connectivity index (χ4v) is 4.96. The fourth-order valence-electron chi connectivity index (χ4n) is 3.76. The fraction of sp³-hybridized carbons (Fsp3) is 0.273. The summed E-state index contributed by atoms with van der Waals surface area (Å²) < 4.78 is 24.8. The van der Waals surface area contributed by atoms with Gasteiger partial charge in [0.15, 0.2) is 15.7 Å². The number of aromatic nitrogens is 2. The Balaban J connectivity index is 1.63. The van der Waals surface area contributed by atoms with E-state index in [0.717, 1.165) is 16.8 Å². The van der Waals surface area contributed by atoms with Crippen molar-refractivity contribution in [2.24, 2.45) is 7.05 Å². The van der Waals surface area contributed by atoms with E-state index in [0.29, 0.717) is 35.8 Å². The van der Waals surface area contributed by atoms with E-state index in [1.165, 1.54) is 4.57 Å². The van der Waals surface area contributed by atoms with Gasteiger partial charge < -0.3 is 26.3 Å². The van der Waals surface area contributed by atoms with Crippen molar-refractivity contribution in [3.8, 4) is 11.3 Å². The molecule has 1 fully saturated rings. The number of nitrogens with one attached hydrogen (secondary N) is 1. The molecule has 10 heteroatoms. The summed E-state index contributed by atoms with van der Waals surface area (Å²) in [6, 6.07) is 10.9. The summed E-state index contributed by atoms with van der Waals surface area (Å²) in [7, 11) is -1.31. The van der Waals surface area contributed by atoms with Crippen molar-refractivity contribution in [1.82, 2.24) is 9.55 Å². The number of rotatable bonds is 4. The number of sulfone groups is 1. The quantitative estimate of drug-likeness (QED) is 0.509. The number of hydrogen-bond donors (Lipinski definition) is 3. The van der Waals surface area contributed by atoms with Gasteiger partial charge in [0.05, 0.1) is 28.6 Å². The monoisotopic (exact) mass is 454 g/mol. The molecule has 9 nitrogen and oxygen atoms in total. The molecule has 1 aliphatic heterocycles.